The molecule has 0 N–H and O–H groups in total. The van der Waals surface area contributed by atoms with Crippen LogP contribution in [0.4, 0.5) is 5.69 Å². The summed E-state index contributed by atoms with van der Waals surface area (Å²) in [6, 6.07) is 12.7. The highest BCUT2D eigenvalue weighted by molar-refractivity contribution is 6.30. The molecular formula is C20H18ClN3O4. The number of carbonyl (C=O) groups excluding carboxylic acids is 1. The number of nitrogens with zero attached hydrogens (tertiary/aromatic N) is 3. The van der Waals surface area contributed by atoms with Gasteiger partial charge in [0.05, 0.1) is 25.7 Å². The van der Waals surface area contributed by atoms with Crippen LogP contribution >= 0.6 is 11.6 Å². The summed E-state index contributed by atoms with van der Waals surface area (Å²) in [4.78, 5) is 18.7. The number of carbonyl (C=O) groups is 1. The minimum Gasteiger partial charge on any atom is -0.493 e. The van der Waals surface area contributed by atoms with Crippen molar-refractivity contribution in [1.82, 2.24) is 10.1 Å². The molecule has 0 saturated carbocycles. The van der Waals surface area contributed by atoms with Crippen molar-refractivity contribution in [3.8, 4) is 22.9 Å². The van der Waals surface area contributed by atoms with E-state index in [0.717, 1.165) is 5.69 Å². The van der Waals surface area contributed by atoms with Gasteiger partial charge in [-0.1, -0.05) is 28.9 Å². The second kappa shape index (κ2) is 7.52. The minimum absolute atomic E-state index is 0.00835. The van der Waals surface area contributed by atoms with Crippen LogP contribution in [0.5, 0.6) is 11.5 Å². The lowest BCUT2D eigenvalue weighted by Gasteiger charge is -2.16. The summed E-state index contributed by atoms with van der Waals surface area (Å²) in [7, 11) is 3.12. The fourth-order valence-corrected chi connectivity index (χ4v) is 3.52. The Morgan fingerprint density at radius 2 is 2.00 bits per heavy atom. The van der Waals surface area contributed by atoms with Gasteiger partial charge in [-0.2, -0.15) is 4.98 Å². The first kappa shape index (κ1) is 18.3. The zero-order valence-electron chi connectivity index (χ0n) is 15.4. The lowest BCUT2D eigenvalue weighted by atomic mass is 10.1. The van der Waals surface area contributed by atoms with Gasteiger partial charge in [0.1, 0.15) is 0 Å². The third-order valence-electron chi connectivity index (χ3n) is 4.68. The summed E-state index contributed by atoms with van der Waals surface area (Å²) in [5.74, 6) is 1.71. The van der Waals surface area contributed by atoms with Crippen molar-refractivity contribution in [2.75, 3.05) is 25.7 Å². The maximum absolute atomic E-state index is 12.5. The van der Waals surface area contributed by atoms with Gasteiger partial charge in [-0.25, -0.2) is 0 Å². The molecule has 1 atom stereocenters. The quantitative estimate of drug-likeness (QED) is 0.647. The molecule has 2 aromatic carbocycles. The summed E-state index contributed by atoms with van der Waals surface area (Å²) in [5, 5.41) is 4.66. The number of para-hydroxylation sites is 1. The minimum atomic E-state index is -0.190. The lowest BCUT2D eigenvalue weighted by Crippen LogP contribution is -2.24. The van der Waals surface area contributed by atoms with Crippen LogP contribution in [-0.2, 0) is 4.79 Å². The number of ether oxygens (including phenoxy) is 2. The van der Waals surface area contributed by atoms with Gasteiger partial charge in [-0.3, -0.25) is 4.79 Å². The number of aromatic nitrogens is 2. The second-order valence-corrected chi connectivity index (χ2v) is 6.82. The SMILES string of the molecule is COc1cccc(-c2noc([C@H]3CC(=O)N(c4cccc(Cl)c4)C3)n2)c1OC. The van der Waals surface area contributed by atoms with Crippen molar-refractivity contribution in [2.45, 2.75) is 12.3 Å². The Kier molecular flexibility index (Phi) is 4.92. The standard InChI is InChI=1S/C20H18ClN3O4/c1-26-16-8-4-7-15(18(16)27-2)19-22-20(28-23-19)12-9-17(25)24(11-12)14-6-3-5-13(21)10-14/h3-8,10,12H,9,11H2,1-2H3/t12-/m0/s1. The maximum atomic E-state index is 12.5. The second-order valence-electron chi connectivity index (χ2n) is 6.38. The first-order valence-corrected chi connectivity index (χ1v) is 9.09. The van der Waals surface area contributed by atoms with Gasteiger partial charge in [0.25, 0.3) is 0 Å². The number of halogens is 1. The maximum Gasteiger partial charge on any atom is 0.232 e. The molecule has 1 aliphatic rings. The van der Waals surface area contributed by atoms with E-state index < -0.39 is 0 Å². The summed E-state index contributed by atoms with van der Waals surface area (Å²) in [6.07, 6.45) is 0.295. The molecule has 28 heavy (non-hydrogen) atoms. The van der Waals surface area contributed by atoms with Gasteiger partial charge >= 0.3 is 0 Å². The molecule has 0 radical (unpaired) electrons. The lowest BCUT2D eigenvalue weighted by molar-refractivity contribution is -0.117. The molecule has 0 aliphatic carbocycles. The first-order valence-electron chi connectivity index (χ1n) is 8.71. The molecule has 4 rings (SSSR count). The number of benzene rings is 2. The van der Waals surface area contributed by atoms with Crippen LogP contribution in [0.2, 0.25) is 5.02 Å². The Morgan fingerprint density at radius 1 is 1.18 bits per heavy atom. The first-order chi connectivity index (χ1) is 13.6. The molecule has 1 aromatic heterocycles. The highest BCUT2D eigenvalue weighted by Gasteiger charge is 2.35. The molecule has 7 nitrogen and oxygen atoms in total. The van der Waals surface area contributed by atoms with Gasteiger partial charge in [-0.05, 0) is 30.3 Å². The highest BCUT2D eigenvalue weighted by atomic mass is 35.5. The number of hydrogen-bond donors (Lipinski definition) is 0. The highest BCUT2D eigenvalue weighted by Crippen LogP contribution is 2.38. The van der Waals surface area contributed by atoms with Crippen LogP contribution in [0.15, 0.2) is 47.0 Å². The Labute approximate surface area is 166 Å². The zero-order chi connectivity index (χ0) is 19.7. The third kappa shape index (κ3) is 3.29. The molecule has 2 heterocycles. The summed E-state index contributed by atoms with van der Waals surface area (Å²) in [5.41, 5.74) is 1.42. The monoisotopic (exact) mass is 399 g/mol. The molecule has 8 heteroatoms. The number of anilines is 1. The van der Waals surface area contributed by atoms with E-state index in [-0.39, 0.29) is 11.8 Å². The Hall–Kier alpha value is -3.06. The summed E-state index contributed by atoms with van der Waals surface area (Å²) < 4.78 is 16.2. The van der Waals surface area contributed by atoms with Crippen LogP contribution in [0.25, 0.3) is 11.4 Å². The fourth-order valence-electron chi connectivity index (χ4n) is 3.34. The van der Waals surface area contributed by atoms with Crippen LogP contribution in [0.3, 0.4) is 0 Å². The average molecular weight is 400 g/mol. The molecule has 1 amide bonds. The molecule has 3 aromatic rings. The zero-order valence-corrected chi connectivity index (χ0v) is 16.1. The van der Waals surface area contributed by atoms with Crippen molar-refractivity contribution in [3.05, 3.63) is 53.4 Å². The van der Waals surface area contributed by atoms with Crippen molar-refractivity contribution in [1.29, 1.82) is 0 Å². The number of methoxy groups -OCH3 is 2. The fraction of sp³-hybridized carbons (Fsp3) is 0.250. The Bertz CT molecular complexity index is 1020. The van der Waals surface area contributed by atoms with Gasteiger partial charge in [0.2, 0.25) is 17.6 Å². The van der Waals surface area contributed by atoms with Crippen LogP contribution < -0.4 is 14.4 Å². The largest absolute Gasteiger partial charge is 0.493 e. The molecule has 0 unspecified atom stereocenters. The van der Waals surface area contributed by atoms with Crippen molar-refractivity contribution < 1.29 is 18.8 Å². The van der Waals surface area contributed by atoms with Gasteiger partial charge in [0.15, 0.2) is 11.5 Å². The topological polar surface area (TPSA) is 77.7 Å². The van der Waals surface area contributed by atoms with Gasteiger partial charge < -0.3 is 18.9 Å². The van der Waals surface area contributed by atoms with Crippen LogP contribution in [-0.4, -0.2) is 36.8 Å². The van der Waals surface area contributed by atoms with E-state index in [2.05, 4.69) is 10.1 Å². The van der Waals surface area contributed by atoms with E-state index >= 15 is 0 Å². The van der Waals surface area contributed by atoms with E-state index in [0.29, 0.717) is 46.8 Å². The molecular weight excluding hydrogens is 382 g/mol. The molecule has 144 valence electrons. The summed E-state index contributed by atoms with van der Waals surface area (Å²) >= 11 is 6.05. The molecule has 0 spiro atoms. The van der Waals surface area contributed by atoms with Gasteiger partial charge in [-0.15, -0.1) is 0 Å². The van der Waals surface area contributed by atoms with Crippen LogP contribution in [0.1, 0.15) is 18.2 Å². The van der Waals surface area contributed by atoms with E-state index in [1.165, 1.54) is 0 Å². The molecule has 1 fully saturated rings. The van der Waals surface area contributed by atoms with E-state index in [1.807, 2.05) is 24.3 Å². The molecule has 1 saturated heterocycles. The predicted octanol–water partition coefficient (Wildman–Crippen LogP) is 3.93. The van der Waals surface area contributed by atoms with Gasteiger partial charge in [0, 0.05) is 23.7 Å². The van der Waals surface area contributed by atoms with E-state index in [4.69, 9.17) is 25.6 Å². The van der Waals surface area contributed by atoms with E-state index in [1.54, 1.807) is 37.3 Å². The Morgan fingerprint density at radius 3 is 2.75 bits per heavy atom. The van der Waals surface area contributed by atoms with Crippen molar-refractivity contribution in [3.63, 3.8) is 0 Å². The average Bonchev–Trinajstić information content (AvgIpc) is 3.34. The smallest absolute Gasteiger partial charge is 0.232 e. The number of rotatable bonds is 5. The summed E-state index contributed by atoms with van der Waals surface area (Å²) in [6.45, 7) is 0.454. The third-order valence-corrected chi connectivity index (χ3v) is 4.91. The molecule has 1 aliphatic heterocycles. The van der Waals surface area contributed by atoms with Crippen LogP contribution in [0, 0.1) is 0 Å². The Balaban J connectivity index is 1.60. The predicted molar refractivity (Wildman–Crippen MR) is 104 cm³/mol. The van der Waals surface area contributed by atoms with Crippen molar-refractivity contribution in [2.24, 2.45) is 0 Å². The molecule has 0 bridgehead atoms. The number of hydrogen-bond acceptors (Lipinski definition) is 6. The van der Waals surface area contributed by atoms with E-state index in [9.17, 15) is 4.79 Å². The normalized spacial score (nSPS) is 16.5. The van der Waals surface area contributed by atoms with Crippen molar-refractivity contribution >= 4 is 23.2 Å². The number of amides is 1.